The number of benzene rings is 1. The third-order valence-electron chi connectivity index (χ3n) is 1.39. The Bertz CT molecular complexity index is 399. The van der Waals surface area contributed by atoms with Crippen molar-refractivity contribution < 1.29 is 49.8 Å². The van der Waals surface area contributed by atoms with Crippen LogP contribution in [0, 0.1) is 13.5 Å². The molecule has 1 aromatic rings. The van der Waals surface area contributed by atoms with E-state index in [0.29, 0.717) is 6.07 Å². The van der Waals surface area contributed by atoms with Crippen molar-refractivity contribution in [3.63, 3.8) is 0 Å². The van der Waals surface area contributed by atoms with E-state index in [4.69, 9.17) is 0 Å². The van der Waals surface area contributed by atoms with Crippen molar-refractivity contribution in [2.45, 2.75) is 0 Å². The minimum Gasteiger partial charge on any atom is -0.816 e. The SMILES string of the molecule is O=P([O-])([O-])c1c[c-]cc(P(=O)([O-])[O-])c1.[CH3-].[W+2]. The van der Waals surface area contributed by atoms with Gasteiger partial charge in [-0.1, -0.05) is 15.2 Å². The van der Waals surface area contributed by atoms with Gasteiger partial charge in [-0.3, -0.25) is 0 Å². The van der Waals surface area contributed by atoms with Crippen LogP contribution in [0.15, 0.2) is 18.2 Å². The van der Waals surface area contributed by atoms with Crippen molar-refractivity contribution >= 4 is 25.8 Å². The van der Waals surface area contributed by atoms with Crippen LogP contribution in [0.1, 0.15) is 0 Å². The van der Waals surface area contributed by atoms with Gasteiger partial charge >= 0.3 is 21.1 Å². The molecule has 0 spiro atoms. The average molecular weight is 432 g/mol. The molecule has 0 amide bonds. The van der Waals surface area contributed by atoms with Crippen LogP contribution in [0.5, 0.6) is 0 Å². The first kappa shape index (κ1) is 18.6. The molecule has 0 aromatic heterocycles. The summed E-state index contributed by atoms with van der Waals surface area (Å²) < 4.78 is 20.9. The van der Waals surface area contributed by atoms with Gasteiger partial charge in [0.1, 0.15) is 0 Å². The van der Waals surface area contributed by atoms with Gasteiger partial charge in [-0.05, 0) is 0 Å². The monoisotopic (exact) mass is 432 g/mol. The Morgan fingerprint density at radius 2 is 1.25 bits per heavy atom. The van der Waals surface area contributed by atoms with Crippen molar-refractivity contribution in [1.29, 1.82) is 0 Å². The molecule has 0 fully saturated rings. The molecule has 6 nitrogen and oxygen atoms in total. The van der Waals surface area contributed by atoms with Crippen LogP contribution in [0.4, 0.5) is 0 Å². The summed E-state index contributed by atoms with van der Waals surface area (Å²) in [5.41, 5.74) is 0. The van der Waals surface area contributed by atoms with E-state index < -0.39 is 25.8 Å². The molecule has 0 bridgehead atoms. The summed E-state index contributed by atoms with van der Waals surface area (Å²) in [4.78, 5) is 41.9. The topological polar surface area (TPSA) is 126 Å². The normalized spacial score (nSPS) is 11.2. The minimum absolute atomic E-state index is 0. The third kappa shape index (κ3) is 5.03. The van der Waals surface area contributed by atoms with Gasteiger partial charge in [-0.15, -0.1) is 10.6 Å². The van der Waals surface area contributed by atoms with Crippen molar-refractivity contribution in [3.05, 3.63) is 31.7 Å². The van der Waals surface area contributed by atoms with Gasteiger partial charge < -0.3 is 36.1 Å². The van der Waals surface area contributed by atoms with E-state index in [9.17, 15) is 28.7 Å². The molecule has 0 aliphatic heterocycles. The van der Waals surface area contributed by atoms with Gasteiger partial charge in [0.2, 0.25) is 0 Å². The molecule has 16 heavy (non-hydrogen) atoms. The first-order chi connectivity index (χ1) is 6.21. The minimum atomic E-state index is -5.04. The summed E-state index contributed by atoms with van der Waals surface area (Å²) in [5.74, 6) is 0. The summed E-state index contributed by atoms with van der Waals surface area (Å²) >= 11 is 0. The van der Waals surface area contributed by atoms with Gasteiger partial charge in [0.05, 0.1) is 0 Å². The zero-order valence-corrected chi connectivity index (χ0v) is 12.7. The molecule has 0 saturated carbocycles. The van der Waals surface area contributed by atoms with E-state index in [1.54, 1.807) is 0 Å². The predicted molar refractivity (Wildman–Crippen MR) is 46.2 cm³/mol. The average Bonchev–Trinajstić information content (AvgIpc) is 2.01. The molecule has 0 N–H and O–H groups in total. The second-order valence-corrected chi connectivity index (χ2v) is 5.47. The molecule has 0 radical (unpaired) electrons. The van der Waals surface area contributed by atoms with E-state index in [0.717, 1.165) is 12.1 Å². The first-order valence-corrected chi connectivity index (χ1v) is 6.36. The maximum absolute atomic E-state index is 10.5. The van der Waals surface area contributed by atoms with Crippen molar-refractivity contribution in [3.8, 4) is 0 Å². The second-order valence-electron chi connectivity index (χ2n) is 2.44. The van der Waals surface area contributed by atoms with Gasteiger partial charge in [0.25, 0.3) is 0 Å². The Morgan fingerprint density at radius 3 is 1.50 bits per heavy atom. The fraction of sp³-hybridized carbons (Fsp3) is 0. The molecular formula is C7H6O6P2W-4. The molecule has 1 aromatic carbocycles. The molecule has 0 aliphatic carbocycles. The Labute approximate surface area is 107 Å². The second kappa shape index (κ2) is 6.22. The summed E-state index contributed by atoms with van der Waals surface area (Å²) in [6.45, 7) is 0. The van der Waals surface area contributed by atoms with E-state index in [1.807, 2.05) is 0 Å². The zero-order valence-electron chi connectivity index (χ0n) is 7.98. The molecule has 0 aliphatic rings. The number of hydrogen-bond acceptors (Lipinski definition) is 6. The van der Waals surface area contributed by atoms with Crippen LogP contribution < -0.4 is 30.2 Å². The quantitative estimate of drug-likeness (QED) is 0.363. The molecule has 0 heterocycles. The third-order valence-corrected chi connectivity index (χ3v) is 3.17. The van der Waals surface area contributed by atoms with Crippen LogP contribution in [0.25, 0.3) is 0 Å². The molecule has 0 saturated heterocycles. The van der Waals surface area contributed by atoms with Gasteiger partial charge in [0, 0.05) is 0 Å². The van der Waals surface area contributed by atoms with Crippen LogP contribution >= 0.6 is 15.2 Å². The zero-order chi connectivity index (χ0) is 11.0. The van der Waals surface area contributed by atoms with Crippen LogP contribution in [0.3, 0.4) is 0 Å². The van der Waals surface area contributed by atoms with Gasteiger partial charge in [0.15, 0.2) is 0 Å². The van der Waals surface area contributed by atoms with E-state index in [2.05, 4.69) is 6.07 Å². The van der Waals surface area contributed by atoms with Crippen molar-refractivity contribution in [1.82, 2.24) is 0 Å². The van der Waals surface area contributed by atoms with E-state index in [-0.39, 0.29) is 28.5 Å². The largest absolute Gasteiger partial charge is 2.00 e. The maximum atomic E-state index is 10.5. The summed E-state index contributed by atoms with van der Waals surface area (Å²) in [7, 11) is -10.1. The van der Waals surface area contributed by atoms with Gasteiger partial charge in [-0.2, -0.15) is 24.3 Å². The summed E-state index contributed by atoms with van der Waals surface area (Å²) in [6, 6.07) is 4.24. The fourth-order valence-corrected chi connectivity index (χ4v) is 1.93. The maximum Gasteiger partial charge on any atom is 2.00 e. The molecule has 9 heteroatoms. The first-order valence-electron chi connectivity index (χ1n) is 3.27. The Balaban J connectivity index is 0. The number of hydrogen-bond donors (Lipinski definition) is 0. The van der Waals surface area contributed by atoms with Crippen molar-refractivity contribution in [2.75, 3.05) is 0 Å². The van der Waals surface area contributed by atoms with Gasteiger partial charge in [-0.25, -0.2) is 0 Å². The molecule has 0 unspecified atom stereocenters. The molecule has 1 rings (SSSR count). The fourth-order valence-electron chi connectivity index (χ4n) is 0.764. The Hall–Kier alpha value is 0.208. The summed E-state index contributed by atoms with van der Waals surface area (Å²) in [5, 5.41) is -1.52. The molecular weight excluding hydrogens is 426 g/mol. The smallest absolute Gasteiger partial charge is 0.816 e. The van der Waals surface area contributed by atoms with Crippen LogP contribution in [0.2, 0.25) is 0 Å². The van der Waals surface area contributed by atoms with Crippen LogP contribution in [-0.2, 0) is 30.2 Å². The predicted octanol–water partition coefficient (Wildman–Crippen LogP) is -2.99. The summed E-state index contributed by atoms with van der Waals surface area (Å²) in [6.07, 6.45) is 0. The molecule has 90 valence electrons. The standard InChI is InChI=1S/C6H7O6P2.CH3.W/c7-13(8,9)5-2-1-3-6(4-5)14(10,11)12;;/h2-4H,(H2,7,8,9)(H2,10,11,12);1H3;/q2*-1;+2/p-4. The Kier molecular flexibility index (Phi) is 7.22. The van der Waals surface area contributed by atoms with E-state index >= 15 is 0 Å². The number of rotatable bonds is 2. The molecule has 0 atom stereocenters. The Morgan fingerprint density at radius 1 is 0.938 bits per heavy atom. The van der Waals surface area contributed by atoms with E-state index in [1.165, 1.54) is 0 Å². The van der Waals surface area contributed by atoms with Crippen LogP contribution in [-0.4, -0.2) is 0 Å². The van der Waals surface area contributed by atoms with Crippen molar-refractivity contribution in [2.24, 2.45) is 0 Å².